The van der Waals surface area contributed by atoms with Gasteiger partial charge in [0.1, 0.15) is 0 Å². The van der Waals surface area contributed by atoms with E-state index in [4.69, 9.17) is 11.5 Å². The molecule has 0 amide bonds. The van der Waals surface area contributed by atoms with Gasteiger partial charge in [-0.25, -0.2) is 0 Å². The zero-order valence-corrected chi connectivity index (χ0v) is 7.18. The SMILES string of the molecule is Nc1cc2c[n+]([O-])[n+]([O-])cc2cc1N. The Kier molecular flexibility index (Phi) is 1.57. The predicted molar refractivity (Wildman–Crippen MR) is 50.7 cm³/mol. The van der Waals surface area contributed by atoms with Crippen molar-refractivity contribution in [2.45, 2.75) is 0 Å². The molecule has 1 aromatic carbocycles. The molecule has 0 unspecified atom stereocenters. The van der Waals surface area contributed by atoms with Crippen molar-refractivity contribution >= 4 is 22.1 Å². The third kappa shape index (κ3) is 1.13. The van der Waals surface area contributed by atoms with Crippen LogP contribution in [0.1, 0.15) is 0 Å². The summed E-state index contributed by atoms with van der Waals surface area (Å²) in [6.45, 7) is 0. The molecule has 0 aliphatic heterocycles. The second kappa shape index (κ2) is 2.63. The summed E-state index contributed by atoms with van der Waals surface area (Å²) in [5.74, 6) is 0. The minimum Gasteiger partial charge on any atom is -0.561 e. The van der Waals surface area contributed by atoms with E-state index in [1.54, 1.807) is 12.1 Å². The molecule has 6 nitrogen and oxygen atoms in total. The third-order valence-electron chi connectivity index (χ3n) is 1.98. The summed E-state index contributed by atoms with van der Waals surface area (Å²) in [7, 11) is 0. The van der Waals surface area contributed by atoms with Gasteiger partial charge in [0.2, 0.25) is 0 Å². The Morgan fingerprint density at radius 2 is 1.21 bits per heavy atom. The number of aromatic nitrogens is 2. The Labute approximate surface area is 79.1 Å². The maximum absolute atomic E-state index is 10.9. The number of nitrogen functional groups attached to an aromatic ring is 2. The molecule has 0 saturated carbocycles. The first-order valence-corrected chi connectivity index (χ1v) is 3.89. The van der Waals surface area contributed by atoms with Crippen LogP contribution in [-0.2, 0) is 0 Å². The summed E-state index contributed by atoms with van der Waals surface area (Å²) in [5.41, 5.74) is 11.9. The minimum atomic E-state index is 0.179. The van der Waals surface area contributed by atoms with E-state index in [-0.39, 0.29) is 9.69 Å². The Hall–Kier alpha value is -2.24. The van der Waals surface area contributed by atoms with Crippen molar-refractivity contribution in [3.8, 4) is 0 Å². The van der Waals surface area contributed by atoms with Gasteiger partial charge >= 0.3 is 0 Å². The fourth-order valence-corrected chi connectivity index (χ4v) is 1.24. The van der Waals surface area contributed by atoms with Crippen molar-refractivity contribution in [3.63, 3.8) is 0 Å². The van der Waals surface area contributed by atoms with Crippen molar-refractivity contribution in [1.29, 1.82) is 0 Å². The molecule has 1 aromatic heterocycles. The Morgan fingerprint density at radius 1 is 0.857 bits per heavy atom. The van der Waals surface area contributed by atoms with E-state index < -0.39 is 0 Å². The highest BCUT2D eigenvalue weighted by molar-refractivity contribution is 5.88. The van der Waals surface area contributed by atoms with Gasteiger partial charge in [-0.1, -0.05) is 0 Å². The van der Waals surface area contributed by atoms with E-state index in [0.717, 1.165) is 12.4 Å². The Morgan fingerprint density at radius 3 is 1.57 bits per heavy atom. The van der Waals surface area contributed by atoms with Gasteiger partial charge in [0, 0.05) is 0 Å². The molecular formula is C8H8N4O2. The van der Waals surface area contributed by atoms with Crippen LogP contribution in [0, 0.1) is 10.4 Å². The molecule has 0 spiro atoms. The standard InChI is InChI=1S/C8H8N4O2/c9-7-1-5-3-11(13)12(14)4-6(5)2-8(7)10/h1-4H,9-10H2. The molecule has 72 valence electrons. The summed E-state index contributed by atoms with van der Waals surface area (Å²) in [6.07, 6.45) is 2.30. The molecule has 1 heterocycles. The summed E-state index contributed by atoms with van der Waals surface area (Å²) < 4.78 is 0. The second-order valence-corrected chi connectivity index (χ2v) is 2.97. The molecule has 0 aliphatic rings. The van der Waals surface area contributed by atoms with Crippen LogP contribution in [-0.4, -0.2) is 0 Å². The van der Waals surface area contributed by atoms with Crippen LogP contribution < -0.4 is 21.2 Å². The van der Waals surface area contributed by atoms with Crippen LogP contribution in [0.5, 0.6) is 0 Å². The average molecular weight is 192 g/mol. The van der Waals surface area contributed by atoms with Crippen molar-refractivity contribution in [3.05, 3.63) is 34.9 Å². The summed E-state index contributed by atoms with van der Waals surface area (Å²) >= 11 is 0. The number of hydrogen-bond donors (Lipinski definition) is 2. The molecule has 4 N–H and O–H groups in total. The van der Waals surface area contributed by atoms with Crippen molar-refractivity contribution in [1.82, 2.24) is 0 Å². The maximum Gasteiger partial charge on any atom is 0.260 e. The molecule has 0 aliphatic carbocycles. The second-order valence-electron chi connectivity index (χ2n) is 2.97. The van der Waals surface area contributed by atoms with Gasteiger partial charge in [-0.05, 0) is 12.1 Å². The first-order chi connectivity index (χ1) is 6.58. The van der Waals surface area contributed by atoms with E-state index in [1.165, 1.54) is 0 Å². The van der Waals surface area contributed by atoms with E-state index in [9.17, 15) is 10.4 Å². The lowest BCUT2D eigenvalue weighted by Crippen LogP contribution is -2.59. The lowest BCUT2D eigenvalue weighted by molar-refractivity contribution is -1.19. The Balaban J connectivity index is 2.83. The molecular weight excluding hydrogens is 184 g/mol. The van der Waals surface area contributed by atoms with Crippen LogP contribution in [0.25, 0.3) is 10.8 Å². The van der Waals surface area contributed by atoms with Gasteiger partial charge in [-0.2, -0.15) is 0 Å². The third-order valence-corrected chi connectivity index (χ3v) is 1.98. The van der Waals surface area contributed by atoms with Gasteiger partial charge in [0.25, 0.3) is 12.4 Å². The van der Waals surface area contributed by atoms with E-state index >= 15 is 0 Å². The molecule has 0 saturated heterocycles. The quantitative estimate of drug-likeness (QED) is 0.326. The predicted octanol–water partition coefficient (Wildman–Crippen LogP) is -0.729. The van der Waals surface area contributed by atoms with Crippen LogP contribution in [0.15, 0.2) is 24.5 Å². The van der Waals surface area contributed by atoms with Crippen molar-refractivity contribution in [2.24, 2.45) is 0 Å². The van der Waals surface area contributed by atoms with Crippen molar-refractivity contribution < 1.29 is 9.69 Å². The smallest absolute Gasteiger partial charge is 0.260 e. The van der Waals surface area contributed by atoms with Crippen molar-refractivity contribution in [2.75, 3.05) is 11.5 Å². The number of nitrogens with two attached hydrogens (primary N) is 2. The number of rotatable bonds is 0. The number of anilines is 2. The summed E-state index contributed by atoms with van der Waals surface area (Å²) in [6, 6.07) is 3.11. The van der Waals surface area contributed by atoms with Crippen LogP contribution in [0.2, 0.25) is 0 Å². The Bertz CT molecular complexity index is 423. The molecule has 0 radical (unpaired) electrons. The number of hydrogen-bond acceptors (Lipinski definition) is 4. The molecule has 6 heteroatoms. The molecule has 0 bridgehead atoms. The van der Waals surface area contributed by atoms with Gasteiger partial charge in [-0.3, -0.25) is 0 Å². The topological polar surface area (TPSA) is 106 Å². The monoisotopic (exact) mass is 192 g/mol. The molecule has 14 heavy (non-hydrogen) atoms. The molecule has 2 aromatic rings. The highest BCUT2D eigenvalue weighted by Crippen LogP contribution is 2.21. The van der Waals surface area contributed by atoms with Crippen LogP contribution >= 0.6 is 0 Å². The normalized spacial score (nSPS) is 10.6. The summed E-state index contributed by atoms with van der Waals surface area (Å²) in [5, 5.41) is 23.0. The maximum atomic E-state index is 10.9. The van der Waals surface area contributed by atoms with E-state index in [0.29, 0.717) is 22.1 Å². The summed E-state index contributed by atoms with van der Waals surface area (Å²) in [4.78, 5) is 0.357. The lowest BCUT2D eigenvalue weighted by atomic mass is 10.1. The zero-order chi connectivity index (χ0) is 10.3. The molecule has 0 fully saturated rings. The number of fused-ring (bicyclic) bond motifs is 1. The van der Waals surface area contributed by atoms with Gasteiger partial charge < -0.3 is 21.9 Å². The number of nitrogens with zero attached hydrogens (tertiary/aromatic N) is 2. The first-order valence-electron chi connectivity index (χ1n) is 3.89. The average Bonchev–Trinajstić information content (AvgIpc) is 2.11. The van der Waals surface area contributed by atoms with E-state index in [2.05, 4.69) is 0 Å². The minimum absolute atomic E-state index is 0.179. The first kappa shape index (κ1) is 8.36. The largest absolute Gasteiger partial charge is 0.561 e. The van der Waals surface area contributed by atoms with Crippen LogP contribution in [0.3, 0.4) is 0 Å². The highest BCUT2D eigenvalue weighted by atomic mass is 16.6. The lowest BCUT2D eigenvalue weighted by Gasteiger charge is -2.02. The molecule has 0 atom stereocenters. The highest BCUT2D eigenvalue weighted by Gasteiger charge is 2.09. The fraction of sp³-hybridized carbons (Fsp3) is 0. The number of benzene rings is 1. The van der Waals surface area contributed by atoms with E-state index in [1.807, 2.05) is 0 Å². The van der Waals surface area contributed by atoms with Crippen LogP contribution in [0.4, 0.5) is 11.4 Å². The molecule has 2 rings (SSSR count). The fourth-order valence-electron chi connectivity index (χ4n) is 1.24. The van der Waals surface area contributed by atoms with Gasteiger partial charge in [-0.15, -0.1) is 0 Å². The zero-order valence-electron chi connectivity index (χ0n) is 7.18. The van der Waals surface area contributed by atoms with Gasteiger partial charge in [0.05, 0.1) is 31.8 Å². The van der Waals surface area contributed by atoms with Gasteiger partial charge in [0.15, 0.2) is 0 Å².